The van der Waals surface area contributed by atoms with Crippen molar-refractivity contribution in [1.29, 1.82) is 0 Å². The van der Waals surface area contributed by atoms with Gasteiger partial charge in [0.15, 0.2) is 9.84 Å². The van der Waals surface area contributed by atoms with Gasteiger partial charge in [-0.2, -0.15) is 0 Å². The van der Waals surface area contributed by atoms with Gasteiger partial charge in [0.2, 0.25) is 0 Å². The summed E-state index contributed by atoms with van der Waals surface area (Å²) >= 11 is 0. The molecule has 13 heavy (non-hydrogen) atoms. The number of rotatable bonds is 3. The Bertz CT molecular complexity index is 261. The Labute approximate surface area is 80.6 Å². The molecule has 1 rings (SSSR count). The lowest BCUT2D eigenvalue weighted by molar-refractivity contribution is 0.396. The molecule has 0 aromatic heterocycles. The summed E-state index contributed by atoms with van der Waals surface area (Å²) in [4.78, 5) is 0. The minimum Gasteiger partial charge on any atom is -0.327 e. The number of hydrogen-bond acceptors (Lipinski definition) is 3. The van der Waals surface area contributed by atoms with Crippen LogP contribution in [0.2, 0.25) is 0 Å². The molecule has 78 valence electrons. The van der Waals surface area contributed by atoms with Crippen LogP contribution < -0.4 is 5.73 Å². The standard InChI is InChI=1S/C9H19NO2S/c1-3-4-9(10)8-5-6-13(11,12)7(8)2/h7-9H,3-6,10H2,1-2H3. The van der Waals surface area contributed by atoms with Gasteiger partial charge in [-0.05, 0) is 25.7 Å². The Morgan fingerprint density at radius 1 is 1.54 bits per heavy atom. The van der Waals surface area contributed by atoms with E-state index in [1.807, 2.05) is 0 Å². The summed E-state index contributed by atoms with van der Waals surface area (Å²) in [6, 6.07) is 0.0669. The summed E-state index contributed by atoms with van der Waals surface area (Å²) < 4.78 is 22.9. The van der Waals surface area contributed by atoms with Crippen LogP contribution in [0.15, 0.2) is 0 Å². The number of hydrogen-bond donors (Lipinski definition) is 1. The van der Waals surface area contributed by atoms with E-state index in [1.165, 1.54) is 0 Å². The van der Waals surface area contributed by atoms with Crippen LogP contribution in [-0.2, 0) is 9.84 Å². The van der Waals surface area contributed by atoms with Crippen molar-refractivity contribution in [1.82, 2.24) is 0 Å². The third-order valence-electron chi connectivity index (χ3n) is 3.08. The van der Waals surface area contributed by atoms with Crippen molar-refractivity contribution in [3.8, 4) is 0 Å². The lowest BCUT2D eigenvalue weighted by atomic mass is 9.92. The Kier molecular flexibility index (Phi) is 3.35. The molecular formula is C9H19NO2S. The second kappa shape index (κ2) is 3.96. The predicted molar refractivity (Wildman–Crippen MR) is 54.2 cm³/mol. The summed E-state index contributed by atoms with van der Waals surface area (Å²) in [5, 5.41) is -0.228. The highest BCUT2D eigenvalue weighted by Crippen LogP contribution is 2.29. The minimum absolute atomic E-state index is 0.0669. The highest BCUT2D eigenvalue weighted by molar-refractivity contribution is 7.92. The molecule has 1 aliphatic heterocycles. The molecule has 0 radical (unpaired) electrons. The molecule has 1 heterocycles. The van der Waals surface area contributed by atoms with Gasteiger partial charge in [-0.25, -0.2) is 8.42 Å². The van der Waals surface area contributed by atoms with Crippen LogP contribution in [0.3, 0.4) is 0 Å². The minimum atomic E-state index is -2.82. The molecule has 0 aromatic rings. The van der Waals surface area contributed by atoms with E-state index >= 15 is 0 Å². The lowest BCUT2D eigenvalue weighted by Crippen LogP contribution is -2.35. The molecule has 0 bridgehead atoms. The second-order valence-corrected chi connectivity index (χ2v) is 6.45. The molecule has 1 aliphatic rings. The topological polar surface area (TPSA) is 60.2 Å². The largest absolute Gasteiger partial charge is 0.327 e. The fraction of sp³-hybridized carbons (Fsp3) is 1.00. The molecule has 0 saturated carbocycles. The van der Waals surface area contributed by atoms with Crippen molar-refractivity contribution in [2.24, 2.45) is 11.7 Å². The van der Waals surface area contributed by atoms with Gasteiger partial charge in [0.1, 0.15) is 0 Å². The van der Waals surface area contributed by atoms with E-state index in [2.05, 4.69) is 6.92 Å². The van der Waals surface area contributed by atoms with E-state index < -0.39 is 9.84 Å². The fourth-order valence-corrected chi connectivity index (χ4v) is 3.94. The Hall–Kier alpha value is -0.0900. The molecule has 0 amide bonds. The van der Waals surface area contributed by atoms with E-state index in [9.17, 15) is 8.42 Å². The summed E-state index contributed by atoms with van der Waals surface area (Å²) in [5.74, 6) is 0.515. The maximum atomic E-state index is 11.4. The van der Waals surface area contributed by atoms with Crippen LogP contribution in [-0.4, -0.2) is 25.5 Å². The summed E-state index contributed by atoms with van der Waals surface area (Å²) in [5.41, 5.74) is 5.94. The van der Waals surface area contributed by atoms with E-state index in [-0.39, 0.29) is 17.2 Å². The first-order chi connectivity index (χ1) is 5.99. The molecule has 3 atom stereocenters. The van der Waals surface area contributed by atoms with Crippen molar-refractivity contribution in [2.75, 3.05) is 5.75 Å². The molecule has 2 N–H and O–H groups in total. The monoisotopic (exact) mass is 205 g/mol. The molecule has 0 spiro atoms. The SMILES string of the molecule is CCCC(N)C1CCS(=O)(=O)C1C. The molecule has 4 heteroatoms. The van der Waals surface area contributed by atoms with Crippen molar-refractivity contribution >= 4 is 9.84 Å². The summed E-state index contributed by atoms with van der Waals surface area (Å²) in [7, 11) is -2.82. The van der Waals surface area contributed by atoms with Gasteiger partial charge < -0.3 is 5.73 Å². The van der Waals surface area contributed by atoms with Gasteiger partial charge in [0.25, 0.3) is 0 Å². The third-order valence-corrected chi connectivity index (χ3v) is 5.36. The first-order valence-corrected chi connectivity index (χ1v) is 6.67. The first kappa shape index (κ1) is 11.0. The van der Waals surface area contributed by atoms with Crippen molar-refractivity contribution in [2.45, 2.75) is 44.4 Å². The summed E-state index contributed by atoms with van der Waals surface area (Å²) in [6.07, 6.45) is 2.72. The predicted octanol–water partition coefficient (Wildman–Crippen LogP) is 0.937. The van der Waals surface area contributed by atoms with E-state index in [0.29, 0.717) is 5.75 Å². The second-order valence-electron chi connectivity index (χ2n) is 3.98. The van der Waals surface area contributed by atoms with Crippen LogP contribution in [0.4, 0.5) is 0 Å². The van der Waals surface area contributed by atoms with Crippen molar-refractivity contribution in [3.05, 3.63) is 0 Å². The van der Waals surface area contributed by atoms with Crippen molar-refractivity contribution in [3.63, 3.8) is 0 Å². The summed E-state index contributed by atoms with van der Waals surface area (Å²) in [6.45, 7) is 3.87. The average Bonchev–Trinajstić information content (AvgIpc) is 2.28. The van der Waals surface area contributed by atoms with Gasteiger partial charge in [-0.15, -0.1) is 0 Å². The zero-order chi connectivity index (χ0) is 10.1. The van der Waals surface area contributed by atoms with E-state index in [4.69, 9.17) is 5.73 Å². The molecule has 0 aromatic carbocycles. The fourth-order valence-electron chi connectivity index (χ4n) is 2.10. The normalized spacial score (nSPS) is 34.7. The highest BCUT2D eigenvalue weighted by Gasteiger charge is 2.39. The van der Waals surface area contributed by atoms with E-state index in [1.54, 1.807) is 6.92 Å². The number of nitrogens with two attached hydrogens (primary N) is 1. The first-order valence-electron chi connectivity index (χ1n) is 4.96. The van der Waals surface area contributed by atoms with Gasteiger partial charge in [-0.1, -0.05) is 13.3 Å². The van der Waals surface area contributed by atoms with Crippen LogP contribution >= 0.6 is 0 Å². The highest BCUT2D eigenvalue weighted by atomic mass is 32.2. The van der Waals surface area contributed by atoms with Crippen LogP contribution in [0.5, 0.6) is 0 Å². The zero-order valence-electron chi connectivity index (χ0n) is 8.36. The van der Waals surface area contributed by atoms with Crippen LogP contribution in [0, 0.1) is 5.92 Å². The Morgan fingerprint density at radius 3 is 2.54 bits per heavy atom. The maximum absolute atomic E-state index is 11.4. The molecule has 1 saturated heterocycles. The quantitative estimate of drug-likeness (QED) is 0.746. The number of sulfone groups is 1. The Balaban J connectivity index is 2.65. The smallest absolute Gasteiger partial charge is 0.153 e. The molecular weight excluding hydrogens is 186 g/mol. The maximum Gasteiger partial charge on any atom is 0.153 e. The molecule has 3 unspecified atom stereocenters. The molecule has 0 aliphatic carbocycles. The zero-order valence-corrected chi connectivity index (χ0v) is 9.18. The van der Waals surface area contributed by atoms with Gasteiger partial charge in [-0.3, -0.25) is 0 Å². The lowest BCUT2D eigenvalue weighted by Gasteiger charge is -2.21. The van der Waals surface area contributed by atoms with Gasteiger partial charge in [0.05, 0.1) is 11.0 Å². The van der Waals surface area contributed by atoms with Crippen LogP contribution in [0.1, 0.15) is 33.1 Å². The van der Waals surface area contributed by atoms with Gasteiger partial charge >= 0.3 is 0 Å². The average molecular weight is 205 g/mol. The van der Waals surface area contributed by atoms with Gasteiger partial charge in [0, 0.05) is 6.04 Å². The Morgan fingerprint density at radius 2 is 2.15 bits per heavy atom. The van der Waals surface area contributed by atoms with Crippen molar-refractivity contribution < 1.29 is 8.42 Å². The van der Waals surface area contributed by atoms with E-state index in [0.717, 1.165) is 19.3 Å². The molecule has 3 nitrogen and oxygen atoms in total. The third kappa shape index (κ3) is 2.23. The van der Waals surface area contributed by atoms with Crippen LogP contribution in [0.25, 0.3) is 0 Å². The molecule has 1 fully saturated rings.